The van der Waals surface area contributed by atoms with Crippen LogP contribution in [0.25, 0.3) is 10.8 Å². The van der Waals surface area contributed by atoms with E-state index in [1.54, 1.807) is 14.2 Å². The van der Waals surface area contributed by atoms with Gasteiger partial charge in [-0.25, -0.2) is 9.59 Å². The minimum atomic E-state index is -1.82. The average molecular weight is 467 g/mol. The van der Waals surface area contributed by atoms with Crippen molar-refractivity contribution in [1.82, 2.24) is 9.80 Å². The number of nitrogens with zero attached hydrogens (tertiary/aromatic N) is 2. The summed E-state index contributed by atoms with van der Waals surface area (Å²) in [6.45, 7) is 6.26. The van der Waals surface area contributed by atoms with Crippen LogP contribution in [-0.2, 0) is 22.7 Å². The first-order valence-corrected chi connectivity index (χ1v) is 11.0. The van der Waals surface area contributed by atoms with Crippen LogP contribution in [0.4, 0.5) is 0 Å². The first-order chi connectivity index (χ1) is 16.4. The van der Waals surface area contributed by atoms with Gasteiger partial charge >= 0.3 is 11.9 Å². The maximum atomic E-state index is 9.10. The monoisotopic (exact) mass is 466 g/mol. The van der Waals surface area contributed by atoms with Crippen molar-refractivity contribution in [3.63, 3.8) is 0 Å². The number of carboxylic acids is 2. The molecule has 1 aliphatic rings. The molecular formula is C26H30N2O6. The van der Waals surface area contributed by atoms with Crippen LogP contribution in [0, 0.1) is 0 Å². The number of fused-ring (bicyclic) bond motifs is 1. The zero-order valence-electron chi connectivity index (χ0n) is 19.4. The molecule has 1 aliphatic heterocycles. The predicted octanol–water partition coefficient (Wildman–Crippen LogP) is 3.33. The van der Waals surface area contributed by atoms with Crippen molar-refractivity contribution < 1.29 is 29.3 Å². The third kappa shape index (κ3) is 6.94. The minimum Gasteiger partial charge on any atom is -0.497 e. The Bertz CT molecular complexity index is 1090. The van der Waals surface area contributed by atoms with E-state index in [9.17, 15) is 0 Å². The summed E-state index contributed by atoms with van der Waals surface area (Å²) in [6.07, 6.45) is 0. The Kier molecular flexibility index (Phi) is 8.84. The number of ether oxygens (including phenoxy) is 2. The number of piperazine rings is 1. The lowest BCUT2D eigenvalue weighted by Crippen LogP contribution is -2.45. The summed E-state index contributed by atoms with van der Waals surface area (Å²) in [5.41, 5.74) is 2.66. The fraction of sp³-hybridized carbons (Fsp3) is 0.308. The highest BCUT2D eigenvalue weighted by Gasteiger charge is 2.18. The van der Waals surface area contributed by atoms with Gasteiger partial charge in [-0.3, -0.25) is 9.80 Å². The fourth-order valence-corrected chi connectivity index (χ4v) is 3.99. The topological polar surface area (TPSA) is 99.5 Å². The van der Waals surface area contributed by atoms with E-state index in [-0.39, 0.29) is 0 Å². The summed E-state index contributed by atoms with van der Waals surface area (Å²) in [5, 5.41) is 17.5. The van der Waals surface area contributed by atoms with Crippen molar-refractivity contribution in [2.75, 3.05) is 40.4 Å². The highest BCUT2D eigenvalue weighted by atomic mass is 16.5. The van der Waals surface area contributed by atoms with E-state index in [2.05, 4.69) is 64.4 Å². The Morgan fingerprint density at radius 2 is 1.29 bits per heavy atom. The van der Waals surface area contributed by atoms with Gasteiger partial charge in [-0.2, -0.15) is 0 Å². The number of methoxy groups -OCH3 is 2. The van der Waals surface area contributed by atoms with E-state index < -0.39 is 11.9 Å². The highest BCUT2D eigenvalue weighted by molar-refractivity contribution is 6.27. The van der Waals surface area contributed by atoms with Crippen LogP contribution < -0.4 is 9.47 Å². The standard InChI is InChI=1S/C24H28N2O2.C2H2O4/c1-27-22-14-19(15-23(16-22)28-2)17-25-10-12-26(13-11-25)18-21-8-5-7-20-6-3-4-9-24(20)21;3-1(4)2(5)6/h3-9,14-16H,10-13,17-18H2,1-2H3;(H,3,4)(H,5,6). The van der Waals surface area contributed by atoms with Gasteiger partial charge in [-0.05, 0) is 34.0 Å². The number of hydrogen-bond donors (Lipinski definition) is 2. The van der Waals surface area contributed by atoms with Crippen molar-refractivity contribution in [2.24, 2.45) is 0 Å². The van der Waals surface area contributed by atoms with Crippen LogP contribution in [0.15, 0.2) is 60.7 Å². The van der Waals surface area contributed by atoms with Gasteiger partial charge in [0, 0.05) is 45.3 Å². The Hall–Kier alpha value is -3.62. The van der Waals surface area contributed by atoms with Gasteiger partial charge in [0.25, 0.3) is 0 Å². The Morgan fingerprint density at radius 1 is 0.765 bits per heavy atom. The van der Waals surface area contributed by atoms with Crippen molar-refractivity contribution in [2.45, 2.75) is 13.1 Å². The lowest BCUT2D eigenvalue weighted by molar-refractivity contribution is -0.159. The van der Waals surface area contributed by atoms with Crippen molar-refractivity contribution >= 4 is 22.7 Å². The fourth-order valence-electron chi connectivity index (χ4n) is 3.99. The van der Waals surface area contributed by atoms with E-state index in [1.807, 2.05) is 6.07 Å². The van der Waals surface area contributed by atoms with Gasteiger partial charge in [0.15, 0.2) is 0 Å². The smallest absolute Gasteiger partial charge is 0.414 e. The summed E-state index contributed by atoms with van der Waals surface area (Å²) in [4.78, 5) is 23.3. The minimum absolute atomic E-state index is 0.851. The summed E-state index contributed by atoms with van der Waals surface area (Å²) < 4.78 is 10.8. The molecule has 180 valence electrons. The normalized spacial score (nSPS) is 14.2. The molecule has 0 radical (unpaired) electrons. The number of rotatable bonds is 6. The zero-order chi connectivity index (χ0) is 24.5. The molecule has 2 N–H and O–H groups in total. The lowest BCUT2D eigenvalue weighted by Gasteiger charge is -2.35. The molecule has 0 atom stereocenters. The Labute approximate surface area is 198 Å². The molecule has 0 saturated carbocycles. The summed E-state index contributed by atoms with van der Waals surface area (Å²) >= 11 is 0. The maximum absolute atomic E-state index is 9.10. The molecule has 8 nitrogen and oxygen atoms in total. The van der Waals surface area contributed by atoms with Crippen LogP contribution >= 0.6 is 0 Å². The van der Waals surface area contributed by atoms with E-state index in [1.165, 1.54) is 21.9 Å². The second-order valence-corrected chi connectivity index (χ2v) is 8.02. The third-order valence-electron chi connectivity index (χ3n) is 5.74. The second kappa shape index (κ2) is 12.0. The third-order valence-corrected chi connectivity index (χ3v) is 5.74. The van der Waals surface area contributed by atoms with Crippen molar-refractivity contribution in [3.8, 4) is 11.5 Å². The van der Waals surface area contributed by atoms with E-state index in [0.29, 0.717) is 0 Å². The molecular weight excluding hydrogens is 436 g/mol. The van der Waals surface area contributed by atoms with Crippen LogP contribution in [0.2, 0.25) is 0 Å². The van der Waals surface area contributed by atoms with Gasteiger partial charge in [-0.15, -0.1) is 0 Å². The molecule has 0 spiro atoms. The molecule has 1 saturated heterocycles. The van der Waals surface area contributed by atoms with Crippen molar-refractivity contribution in [3.05, 3.63) is 71.8 Å². The van der Waals surface area contributed by atoms with Gasteiger partial charge in [0.1, 0.15) is 11.5 Å². The molecule has 0 unspecified atom stereocenters. The molecule has 3 aromatic rings. The molecule has 0 aliphatic carbocycles. The van der Waals surface area contributed by atoms with Crippen LogP contribution in [0.1, 0.15) is 11.1 Å². The molecule has 1 heterocycles. The largest absolute Gasteiger partial charge is 0.497 e. The second-order valence-electron chi connectivity index (χ2n) is 8.02. The van der Waals surface area contributed by atoms with Crippen LogP contribution in [0.5, 0.6) is 11.5 Å². The molecule has 0 aromatic heterocycles. The Morgan fingerprint density at radius 3 is 1.85 bits per heavy atom. The van der Waals surface area contributed by atoms with Crippen LogP contribution in [-0.4, -0.2) is 72.4 Å². The first-order valence-electron chi connectivity index (χ1n) is 11.0. The number of benzene rings is 3. The lowest BCUT2D eigenvalue weighted by atomic mass is 10.0. The van der Waals surface area contributed by atoms with E-state index in [4.69, 9.17) is 29.3 Å². The van der Waals surface area contributed by atoms with Gasteiger partial charge in [0.05, 0.1) is 14.2 Å². The average Bonchev–Trinajstić information content (AvgIpc) is 2.85. The SMILES string of the molecule is COc1cc(CN2CCN(Cc3cccc4ccccc34)CC2)cc(OC)c1.O=C(O)C(=O)O. The zero-order valence-corrected chi connectivity index (χ0v) is 19.4. The molecule has 0 amide bonds. The molecule has 3 aromatic carbocycles. The molecule has 1 fully saturated rings. The maximum Gasteiger partial charge on any atom is 0.414 e. The molecule has 0 bridgehead atoms. The van der Waals surface area contributed by atoms with Crippen LogP contribution in [0.3, 0.4) is 0 Å². The highest BCUT2D eigenvalue weighted by Crippen LogP contribution is 2.24. The summed E-state index contributed by atoms with van der Waals surface area (Å²) in [6, 6.07) is 21.4. The van der Waals surface area contributed by atoms with E-state index in [0.717, 1.165) is 50.8 Å². The number of carbonyl (C=O) groups is 2. The number of carboxylic acid groups (broad SMARTS) is 2. The molecule has 4 rings (SSSR count). The summed E-state index contributed by atoms with van der Waals surface area (Å²) in [5.74, 6) is -1.95. The first kappa shape index (κ1) is 25.0. The quantitative estimate of drug-likeness (QED) is 0.534. The van der Waals surface area contributed by atoms with E-state index >= 15 is 0 Å². The molecule has 8 heteroatoms. The number of hydrogen-bond acceptors (Lipinski definition) is 6. The van der Waals surface area contributed by atoms with Gasteiger partial charge in [0.2, 0.25) is 0 Å². The van der Waals surface area contributed by atoms with Gasteiger partial charge in [-0.1, -0.05) is 42.5 Å². The molecule has 34 heavy (non-hydrogen) atoms. The van der Waals surface area contributed by atoms with Gasteiger partial charge < -0.3 is 19.7 Å². The predicted molar refractivity (Wildman–Crippen MR) is 129 cm³/mol. The van der Waals surface area contributed by atoms with Crippen molar-refractivity contribution in [1.29, 1.82) is 0 Å². The summed E-state index contributed by atoms with van der Waals surface area (Å²) in [7, 11) is 3.40. The Balaban J connectivity index is 0.000000481. The number of aliphatic carboxylic acids is 2.